The van der Waals surface area contributed by atoms with Crippen LogP contribution in [0.25, 0.3) is 11.3 Å². The second-order valence-electron chi connectivity index (χ2n) is 7.75. The molecule has 0 fully saturated rings. The van der Waals surface area contributed by atoms with Gasteiger partial charge in [-0.05, 0) is 60.7 Å². The summed E-state index contributed by atoms with van der Waals surface area (Å²) >= 11 is 0. The fourth-order valence-electron chi connectivity index (χ4n) is 3.48. The average molecular weight is 459 g/mol. The first-order valence-corrected chi connectivity index (χ1v) is 11.1. The van der Waals surface area contributed by atoms with Crippen LogP contribution in [-0.2, 0) is 0 Å². The van der Waals surface area contributed by atoms with Gasteiger partial charge in [-0.2, -0.15) is 0 Å². The molecular weight excluding hydrogens is 436 g/mol. The van der Waals surface area contributed by atoms with Crippen LogP contribution in [0.2, 0.25) is 0 Å². The maximum atomic E-state index is 12.7. The van der Waals surface area contributed by atoms with E-state index in [2.05, 4.69) is 20.6 Å². The molecule has 1 aromatic heterocycles. The zero-order chi connectivity index (χ0) is 23.9. The third-order valence-corrected chi connectivity index (χ3v) is 5.25. The van der Waals surface area contributed by atoms with Crippen LogP contribution in [0.5, 0.6) is 11.5 Å². The Hall–Kier alpha value is -4.97. The summed E-state index contributed by atoms with van der Waals surface area (Å²) in [5, 5.41) is 6.17. The largest absolute Gasteiger partial charge is 0.457 e. The summed E-state index contributed by atoms with van der Waals surface area (Å²) in [6.07, 6.45) is 1.53. The molecule has 4 aromatic carbocycles. The predicted molar refractivity (Wildman–Crippen MR) is 138 cm³/mol. The monoisotopic (exact) mass is 458 g/mol. The highest BCUT2D eigenvalue weighted by Gasteiger charge is 2.08. The molecule has 5 aromatic rings. The summed E-state index contributed by atoms with van der Waals surface area (Å²) in [6.45, 7) is 0. The highest BCUT2D eigenvalue weighted by molar-refractivity contribution is 6.04. The molecule has 0 atom stereocenters. The first kappa shape index (κ1) is 21.9. The number of rotatable bonds is 7. The van der Waals surface area contributed by atoms with Crippen LogP contribution in [-0.4, -0.2) is 15.9 Å². The van der Waals surface area contributed by atoms with Crippen LogP contribution in [0.3, 0.4) is 0 Å². The molecule has 1 heterocycles. The summed E-state index contributed by atoms with van der Waals surface area (Å²) in [5.41, 5.74) is 3.91. The fraction of sp³-hybridized carbons (Fsp3) is 0. The molecule has 0 radical (unpaired) electrons. The average Bonchev–Trinajstić information content (AvgIpc) is 2.91. The van der Waals surface area contributed by atoms with Crippen LogP contribution >= 0.6 is 0 Å². The van der Waals surface area contributed by atoms with Crippen molar-refractivity contribution in [1.29, 1.82) is 0 Å². The Balaban J connectivity index is 1.20. The van der Waals surface area contributed by atoms with Crippen molar-refractivity contribution in [3.8, 4) is 22.8 Å². The highest BCUT2D eigenvalue weighted by atomic mass is 16.5. The van der Waals surface area contributed by atoms with Crippen molar-refractivity contribution in [2.24, 2.45) is 0 Å². The molecule has 0 spiro atoms. The van der Waals surface area contributed by atoms with E-state index in [0.717, 1.165) is 22.7 Å². The zero-order valence-corrected chi connectivity index (χ0v) is 18.8. The zero-order valence-electron chi connectivity index (χ0n) is 18.8. The molecule has 0 aliphatic carbocycles. The lowest BCUT2D eigenvalue weighted by atomic mass is 10.1. The van der Waals surface area contributed by atoms with Crippen LogP contribution < -0.4 is 15.4 Å². The minimum atomic E-state index is -0.193. The lowest BCUT2D eigenvalue weighted by molar-refractivity contribution is 0.102. The van der Waals surface area contributed by atoms with E-state index in [9.17, 15) is 4.79 Å². The van der Waals surface area contributed by atoms with Crippen LogP contribution in [0, 0.1) is 0 Å². The molecule has 170 valence electrons. The number of hydrogen-bond acceptors (Lipinski definition) is 5. The Morgan fingerprint density at radius 3 is 2.00 bits per heavy atom. The fourth-order valence-corrected chi connectivity index (χ4v) is 3.48. The molecule has 0 bridgehead atoms. The maximum Gasteiger partial charge on any atom is 0.255 e. The van der Waals surface area contributed by atoms with Crippen molar-refractivity contribution in [3.63, 3.8) is 0 Å². The summed E-state index contributed by atoms with van der Waals surface area (Å²) < 4.78 is 5.79. The van der Waals surface area contributed by atoms with Gasteiger partial charge in [0.2, 0.25) is 0 Å². The van der Waals surface area contributed by atoms with Gasteiger partial charge in [0.15, 0.2) is 0 Å². The SMILES string of the molecule is O=C(Nc1ccc(Oc2ccccc2)cc1)c1ccc(Nc2cc(-c3ccccc3)ncn2)cc1. The molecule has 0 unspecified atom stereocenters. The number of aromatic nitrogens is 2. The van der Waals surface area contributed by atoms with Gasteiger partial charge in [0, 0.05) is 28.6 Å². The Labute approximate surface area is 203 Å². The smallest absolute Gasteiger partial charge is 0.255 e. The minimum Gasteiger partial charge on any atom is -0.457 e. The number of para-hydroxylation sites is 1. The van der Waals surface area contributed by atoms with Gasteiger partial charge in [0.25, 0.3) is 5.91 Å². The maximum absolute atomic E-state index is 12.7. The number of anilines is 3. The molecule has 0 aliphatic heterocycles. The van der Waals surface area contributed by atoms with Crippen LogP contribution in [0.1, 0.15) is 10.4 Å². The van der Waals surface area contributed by atoms with Crippen molar-refractivity contribution in [3.05, 3.63) is 127 Å². The quantitative estimate of drug-likeness (QED) is 0.276. The van der Waals surface area contributed by atoms with E-state index in [1.165, 1.54) is 6.33 Å². The second-order valence-corrected chi connectivity index (χ2v) is 7.75. The molecule has 0 aliphatic rings. The first-order valence-electron chi connectivity index (χ1n) is 11.1. The van der Waals surface area contributed by atoms with E-state index < -0.39 is 0 Å². The van der Waals surface area contributed by atoms with Gasteiger partial charge in [0.1, 0.15) is 23.6 Å². The third kappa shape index (κ3) is 5.69. The lowest BCUT2D eigenvalue weighted by Gasteiger charge is -2.10. The molecule has 5 rings (SSSR count). The summed E-state index contributed by atoms with van der Waals surface area (Å²) in [7, 11) is 0. The lowest BCUT2D eigenvalue weighted by Crippen LogP contribution is -2.11. The first-order chi connectivity index (χ1) is 17.2. The molecule has 35 heavy (non-hydrogen) atoms. The normalized spacial score (nSPS) is 10.4. The van der Waals surface area contributed by atoms with E-state index in [0.29, 0.717) is 22.8 Å². The van der Waals surface area contributed by atoms with Crippen LogP contribution in [0.15, 0.2) is 122 Å². The number of carbonyl (C=O) groups excluding carboxylic acids is 1. The number of carbonyl (C=O) groups is 1. The number of nitrogens with one attached hydrogen (secondary N) is 2. The molecule has 0 saturated heterocycles. The van der Waals surface area contributed by atoms with Gasteiger partial charge in [0.05, 0.1) is 5.69 Å². The number of ether oxygens (including phenoxy) is 1. The highest BCUT2D eigenvalue weighted by Crippen LogP contribution is 2.24. The number of hydrogen-bond donors (Lipinski definition) is 2. The molecular formula is C29H22N4O2. The predicted octanol–water partition coefficient (Wildman–Crippen LogP) is 6.93. The molecule has 2 N–H and O–H groups in total. The van der Waals surface area contributed by atoms with Gasteiger partial charge in [-0.15, -0.1) is 0 Å². The summed E-state index contributed by atoms with van der Waals surface area (Å²) in [6, 6.07) is 35.8. The van der Waals surface area contributed by atoms with E-state index >= 15 is 0 Å². The number of nitrogens with zero attached hydrogens (tertiary/aromatic N) is 2. The molecule has 0 saturated carbocycles. The van der Waals surface area contributed by atoms with E-state index in [1.807, 2.05) is 103 Å². The number of benzene rings is 4. The Morgan fingerprint density at radius 1 is 0.657 bits per heavy atom. The van der Waals surface area contributed by atoms with E-state index in [-0.39, 0.29) is 5.91 Å². The Kier molecular flexibility index (Phi) is 6.44. The molecule has 1 amide bonds. The minimum absolute atomic E-state index is 0.193. The number of amides is 1. The van der Waals surface area contributed by atoms with E-state index in [4.69, 9.17) is 4.74 Å². The van der Waals surface area contributed by atoms with E-state index in [1.54, 1.807) is 12.1 Å². The standard InChI is InChI=1S/C29H22N4O2/c34-29(33-24-15-17-26(18-16-24)35-25-9-5-2-6-10-25)22-11-13-23(14-12-22)32-28-19-27(30-20-31-28)21-7-3-1-4-8-21/h1-20H,(H,33,34)(H,30,31,32). The summed E-state index contributed by atoms with van der Waals surface area (Å²) in [5.74, 6) is 1.94. The Morgan fingerprint density at radius 2 is 1.29 bits per heavy atom. The van der Waals surface area contributed by atoms with Crippen molar-refractivity contribution in [2.75, 3.05) is 10.6 Å². The second kappa shape index (κ2) is 10.3. The Bertz CT molecular complexity index is 1410. The topological polar surface area (TPSA) is 76.1 Å². The summed E-state index contributed by atoms with van der Waals surface area (Å²) in [4.78, 5) is 21.3. The molecule has 6 nitrogen and oxygen atoms in total. The van der Waals surface area contributed by atoms with Gasteiger partial charge >= 0.3 is 0 Å². The third-order valence-electron chi connectivity index (χ3n) is 5.25. The van der Waals surface area contributed by atoms with Gasteiger partial charge < -0.3 is 15.4 Å². The van der Waals surface area contributed by atoms with Crippen LogP contribution in [0.4, 0.5) is 17.2 Å². The van der Waals surface area contributed by atoms with Gasteiger partial charge in [-0.1, -0.05) is 48.5 Å². The van der Waals surface area contributed by atoms with Crippen molar-refractivity contribution in [1.82, 2.24) is 9.97 Å². The van der Waals surface area contributed by atoms with Gasteiger partial charge in [-0.3, -0.25) is 4.79 Å². The van der Waals surface area contributed by atoms with Crippen molar-refractivity contribution < 1.29 is 9.53 Å². The van der Waals surface area contributed by atoms with Gasteiger partial charge in [-0.25, -0.2) is 9.97 Å². The molecule has 6 heteroatoms. The van der Waals surface area contributed by atoms with Crippen molar-refractivity contribution in [2.45, 2.75) is 0 Å². The van der Waals surface area contributed by atoms with Crippen molar-refractivity contribution >= 4 is 23.1 Å².